The van der Waals surface area contributed by atoms with E-state index >= 15 is 0 Å². The van der Waals surface area contributed by atoms with Crippen LogP contribution >= 0.6 is 11.8 Å². The predicted molar refractivity (Wildman–Crippen MR) is 113 cm³/mol. The van der Waals surface area contributed by atoms with Gasteiger partial charge in [-0.05, 0) is 24.3 Å². The molecule has 1 rings (SSSR count). The number of unbranched alkanes of at least 4 members (excludes halogenated alkanes) is 13. The van der Waals surface area contributed by atoms with E-state index in [4.69, 9.17) is 0 Å². The summed E-state index contributed by atoms with van der Waals surface area (Å²) < 4.78 is 0. The summed E-state index contributed by atoms with van der Waals surface area (Å²) in [7, 11) is 0. The normalized spacial score (nSPS) is 10.9. The molecule has 0 aliphatic rings. The van der Waals surface area contributed by atoms with Crippen LogP contribution in [0, 0.1) is 0 Å². The molecule has 0 bridgehead atoms. The summed E-state index contributed by atoms with van der Waals surface area (Å²) in [5.74, 6) is 1.17. The molecule has 0 aromatic heterocycles. The Morgan fingerprint density at radius 2 is 1.28 bits per heavy atom. The van der Waals surface area contributed by atoms with E-state index in [0.29, 0.717) is 0 Å². The first-order valence-electron chi connectivity index (χ1n) is 10.5. The molecule has 1 aromatic rings. The highest BCUT2D eigenvalue weighted by molar-refractivity contribution is 7.99. The van der Waals surface area contributed by atoms with Gasteiger partial charge in [0.05, 0.1) is 0 Å². The first kappa shape index (κ1) is 22.3. The Morgan fingerprint density at radius 3 is 1.80 bits per heavy atom. The third-order valence-electron chi connectivity index (χ3n) is 4.76. The molecule has 0 fully saturated rings. The highest BCUT2D eigenvalue weighted by Crippen LogP contribution is 2.21. The van der Waals surface area contributed by atoms with Crippen molar-refractivity contribution in [2.45, 2.75) is 102 Å². The van der Waals surface area contributed by atoms with Crippen molar-refractivity contribution in [2.24, 2.45) is 0 Å². The first-order valence-corrected chi connectivity index (χ1v) is 11.5. The summed E-state index contributed by atoms with van der Waals surface area (Å²) in [5.41, 5.74) is 0.783. The van der Waals surface area contributed by atoms with Crippen molar-refractivity contribution in [3.63, 3.8) is 0 Å². The standard InChI is InChI=1S/C23H38OS/c1-2-3-4-5-6-7-8-9-10-11-12-13-14-15-19-25-23-18-16-17-22(20-23)21-24/h16-18,20-21H,2-15,19H2,1H3. The summed E-state index contributed by atoms with van der Waals surface area (Å²) in [6.07, 6.45) is 20.7. The van der Waals surface area contributed by atoms with Crippen LogP contribution in [0.1, 0.15) is 107 Å². The lowest BCUT2D eigenvalue weighted by Gasteiger charge is -2.04. The molecule has 0 atom stereocenters. The Morgan fingerprint density at radius 1 is 0.760 bits per heavy atom. The van der Waals surface area contributed by atoms with Gasteiger partial charge in [-0.2, -0.15) is 0 Å². The van der Waals surface area contributed by atoms with E-state index in [9.17, 15) is 4.79 Å². The number of hydrogen-bond donors (Lipinski definition) is 0. The molecule has 25 heavy (non-hydrogen) atoms. The van der Waals surface area contributed by atoms with Crippen LogP contribution in [0.15, 0.2) is 29.2 Å². The van der Waals surface area contributed by atoms with Gasteiger partial charge < -0.3 is 0 Å². The van der Waals surface area contributed by atoms with Crippen LogP contribution in [-0.4, -0.2) is 12.0 Å². The highest BCUT2D eigenvalue weighted by Gasteiger charge is 1.97. The summed E-state index contributed by atoms with van der Waals surface area (Å²) in [5, 5.41) is 0. The molecular weight excluding hydrogens is 324 g/mol. The quantitative estimate of drug-likeness (QED) is 0.158. The number of rotatable bonds is 17. The molecule has 1 nitrogen and oxygen atoms in total. The minimum Gasteiger partial charge on any atom is -0.298 e. The zero-order valence-electron chi connectivity index (χ0n) is 16.3. The second-order valence-corrected chi connectivity index (χ2v) is 8.30. The number of hydrogen-bond acceptors (Lipinski definition) is 2. The molecule has 0 aliphatic heterocycles. The van der Waals surface area contributed by atoms with Crippen LogP contribution in [0.2, 0.25) is 0 Å². The van der Waals surface area contributed by atoms with Crippen LogP contribution in [0.4, 0.5) is 0 Å². The van der Waals surface area contributed by atoms with Crippen LogP contribution in [-0.2, 0) is 0 Å². The third kappa shape index (κ3) is 13.1. The van der Waals surface area contributed by atoms with Crippen LogP contribution in [0.3, 0.4) is 0 Å². The van der Waals surface area contributed by atoms with Crippen molar-refractivity contribution in [1.29, 1.82) is 0 Å². The second-order valence-electron chi connectivity index (χ2n) is 7.13. The third-order valence-corrected chi connectivity index (χ3v) is 5.84. The molecule has 1 aromatic carbocycles. The summed E-state index contributed by atoms with van der Waals surface area (Å²) >= 11 is 1.88. The number of aldehydes is 1. The smallest absolute Gasteiger partial charge is 0.150 e. The van der Waals surface area contributed by atoms with Gasteiger partial charge in [0.15, 0.2) is 0 Å². The number of thioether (sulfide) groups is 1. The predicted octanol–water partition coefficient (Wildman–Crippen LogP) is 8.07. The van der Waals surface area contributed by atoms with Crippen molar-refractivity contribution >= 4 is 18.0 Å². The van der Waals surface area contributed by atoms with E-state index in [2.05, 4.69) is 13.0 Å². The van der Waals surface area contributed by atoms with Gasteiger partial charge in [0, 0.05) is 10.5 Å². The Bertz CT molecular complexity index is 430. The fourth-order valence-electron chi connectivity index (χ4n) is 3.16. The molecule has 0 amide bonds. The van der Waals surface area contributed by atoms with Gasteiger partial charge in [-0.15, -0.1) is 11.8 Å². The molecule has 0 radical (unpaired) electrons. The number of benzene rings is 1. The van der Waals surface area contributed by atoms with Gasteiger partial charge in [-0.1, -0.05) is 103 Å². The van der Waals surface area contributed by atoms with Gasteiger partial charge in [-0.25, -0.2) is 0 Å². The minimum absolute atomic E-state index is 0.783. The van der Waals surface area contributed by atoms with Gasteiger partial charge in [0.1, 0.15) is 6.29 Å². The molecule has 0 saturated heterocycles. The van der Waals surface area contributed by atoms with E-state index in [0.717, 1.165) is 11.8 Å². The maximum Gasteiger partial charge on any atom is 0.150 e. The number of carbonyl (C=O) groups excluding carboxylic acids is 1. The van der Waals surface area contributed by atoms with E-state index < -0.39 is 0 Å². The fourth-order valence-corrected chi connectivity index (χ4v) is 4.14. The van der Waals surface area contributed by atoms with Gasteiger partial charge >= 0.3 is 0 Å². The lowest BCUT2D eigenvalue weighted by Crippen LogP contribution is -1.85. The van der Waals surface area contributed by atoms with E-state index in [-0.39, 0.29) is 0 Å². The molecule has 0 spiro atoms. The van der Waals surface area contributed by atoms with Crippen LogP contribution < -0.4 is 0 Å². The largest absolute Gasteiger partial charge is 0.298 e. The maximum atomic E-state index is 10.8. The van der Waals surface area contributed by atoms with E-state index in [1.165, 1.54) is 101 Å². The van der Waals surface area contributed by atoms with Crippen molar-refractivity contribution in [3.05, 3.63) is 29.8 Å². The molecular formula is C23H38OS. The lowest BCUT2D eigenvalue weighted by atomic mass is 10.0. The number of carbonyl (C=O) groups is 1. The lowest BCUT2D eigenvalue weighted by molar-refractivity contribution is 0.112. The fraction of sp³-hybridized carbons (Fsp3) is 0.696. The molecule has 0 aliphatic carbocycles. The zero-order chi connectivity index (χ0) is 18.0. The molecule has 142 valence electrons. The van der Waals surface area contributed by atoms with E-state index in [1.54, 1.807) is 0 Å². The first-order chi connectivity index (χ1) is 12.4. The van der Waals surface area contributed by atoms with Crippen molar-refractivity contribution in [3.8, 4) is 0 Å². The van der Waals surface area contributed by atoms with Crippen LogP contribution in [0.25, 0.3) is 0 Å². The van der Waals surface area contributed by atoms with Crippen molar-refractivity contribution < 1.29 is 4.79 Å². The summed E-state index contributed by atoms with van der Waals surface area (Å²) in [4.78, 5) is 12.0. The van der Waals surface area contributed by atoms with Crippen molar-refractivity contribution in [2.75, 3.05) is 5.75 Å². The Kier molecular flexibility index (Phi) is 14.9. The van der Waals surface area contributed by atoms with E-state index in [1.807, 2.05) is 30.0 Å². The Balaban J connectivity index is 1.81. The molecule has 0 unspecified atom stereocenters. The van der Waals surface area contributed by atoms with Gasteiger partial charge in [-0.3, -0.25) is 4.79 Å². The van der Waals surface area contributed by atoms with Crippen LogP contribution in [0.5, 0.6) is 0 Å². The minimum atomic E-state index is 0.783. The summed E-state index contributed by atoms with van der Waals surface area (Å²) in [6, 6.07) is 7.92. The average molecular weight is 363 g/mol. The van der Waals surface area contributed by atoms with Gasteiger partial charge in [0.25, 0.3) is 0 Å². The molecule has 0 saturated carbocycles. The maximum absolute atomic E-state index is 10.8. The Hall–Kier alpha value is -0.760. The topological polar surface area (TPSA) is 17.1 Å². The summed E-state index contributed by atoms with van der Waals surface area (Å²) in [6.45, 7) is 2.28. The van der Waals surface area contributed by atoms with Gasteiger partial charge in [0.2, 0.25) is 0 Å². The molecule has 0 heterocycles. The molecule has 2 heteroatoms. The average Bonchev–Trinajstić information content (AvgIpc) is 2.65. The Labute approximate surface area is 160 Å². The second kappa shape index (κ2) is 16.7. The molecule has 0 N–H and O–H groups in total. The van der Waals surface area contributed by atoms with Crippen molar-refractivity contribution in [1.82, 2.24) is 0 Å². The zero-order valence-corrected chi connectivity index (χ0v) is 17.1. The highest BCUT2D eigenvalue weighted by atomic mass is 32.2. The SMILES string of the molecule is CCCCCCCCCCCCCCCCSc1cccc(C=O)c1. The monoisotopic (exact) mass is 362 g/mol.